The zero-order valence-electron chi connectivity index (χ0n) is 16.2. The molecule has 7 heteroatoms. The summed E-state index contributed by atoms with van der Waals surface area (Å²) in [7, 11) is 0. The van der Waals surface area contributed by atoms with Gasteiger partial charge in [0.15, 0.2) is 6.61 Å². The fraction of sp³-hybridized carbons (Fsp3) is 0.545. The second-order valence-electron chi connectivity index (χ2n) is 9.15. The van der Waals surface area contributed by atoms with E-state index in [-0.39, 0.29) is 29.2 Å². The summed E-state index contributed by atoms with van der Waals surface area (Å²) in [5.74, 6) is 0.0257. The Balaban J connectivity index is 1.14. The normalized spacial score (nSPS) is 31.7. The molecule has 0 spiro atoms. The molecule has 3 amide bonds. The number of carbonyl (C=O) groups excluding carboxylic acids is 4. The summed E-state index contributed by atoms with van der Waals surface area (Å²) in [6.45, 7) is -0.874. The van der Waals surface area contributed by atoms with E-state index in [2.05, 4.69) is 5.32 Å². The second kappa shape index (κ2) is 6.68. The number of imide groups is 1. The quantitative estimate of drug-likeness (QED) is 0.606. The lowest BCUT2D eigenvalue weighted by molar-refractivity contribution is -0.150. The first-order valence-electron chi connectivity index (χ1n) is 10.3. The molecule has 5 aliphatic rings. The highest BCUT2D eigenvalue weighted by molar-refractivity contribution is 6.22. The van der Waals surface area contributed by atoms with Crippen LogP contribution in [0.5, 0.6) is 0 Å². The van der Waals surface area contributed by atoms with Crippen molar-refractivity contribution in [1.29, 1.82) is 0 Å². The van der Waals surface area contributed by atoms with Gasteiger partial charge in [0, 0.05) is 5.54 Å². The van der Waals surface area contributed by atoms with Crippen molar-refractivity contribution in [2.45, 2.75) is 44.1 Å². The number of fused-ring (bicyclic) bond motifs is 1. The summed E-state index contributed by atoms with van der Waals surface area (Å²) in [5, 5.41) is 3.14. The second-order valence-corrected chi connectivity index (χ2v) is 9.15. The molecule has 4 bridgehead atoms. The van der Waals surface area contributed by atoms with Crippen LogP contribution in [0.3, 0.4) is 0 Å². The minimum absolute atomic E-state index is 0.138. The van der Waals surface area contributed by atoms with Crippen molar-refractivity contribution in [2.24, 2.45) is 17.8 Å². The fourth-order valence-corrected chi connectivity index (χ4v) is 6.30. The predicted molar refractivity (Wildman–Crippen MR) is 102 cm³/mol. The molecule has 7 nitrogen and oxygen atoms in total. The van der Waals surface area contributed by atoms with Crippen LogP contribution in [0.25, 0.3) is 0 Å². The molecule has 1 aliphatic heterocycles. The smallest absolute Gasteiger partial charge is 0.326 e. The largest absolute Gasteiger partial charge is 0.454 e. The Labute approximate surface area is 168 Å². The highest BCUT2D eigenvalue weighted by Gasteiger charge is 2.51. The Hall–Kier alpha value is -2.70. The lowest BCUT2D eigenvalue weighted by Gasteiger charge is -2.56. The molecule has 1 aromatic carbocycles. The highest BCUT2D eigenvalue weighted by Crippen LogP contribution is 2.55. The molecule has 1 heterocycles. The Morgan fingerprint density at radius 1 is 0.966 bits per heavy atom. The molecule has 0 unspecified atom stereocenters. The monoisotopic (exact) mass is 396 g/mol. The van der Waals surface area contributed by atoms with Gasteiger partial charge in [-0.3, -0.25) is 24.1 Å². The lowest BCUT2D eigenvalue weighted by atomic mass is 9.53. The van der Waals surface area contributed by atoms with Gasteiger partial charge < -0.3 is 10.1 Å². The number of hydrogen-bond donors (Lipinski definition) is 1. The van der Waals surface area contributed by atoms with Crippen molar-refractivity contribution >= 4 is 23.7 Å². The zero-order chi connectivity index (χ0) is 20.2. The van der Waals surface area contributed by atoms with Crippen LogP contribution in [0.1, 0.15) is 59.2 Å². The van der Waals surface area contributed by atoms with Gasteiger partial charge in [-0.05, 0) is 68.4 Å². The first kappa shape index (κ1) is 18.3. The van der Waals surface area contributed by atoms with Crippen LogP contribution in [0.15, 0.2) is 24.3 Å². The summed E-state index contributed by atoms with van der Waals surface area (Å²) in [5.41, 5.74) is 0.426. The van der Waals surface area contributed by atoms with Crippen LogP contribution in [-0.4, -0.2) is 47.3 Å². The van der Waals surface area contributed by atoms with Gasteiger partial charge in [-0.2, -0.15) is 0 Å². The molecule has 29 heavy (non-hydrogen) atoms. The van der Waals surface area contributed by atoms with Crippen LogP contribution in [0.4, 0.5) is 0 Å². The van der Waals surface area contributed by atoms with Crippen LogP contribution in [0.2, 0.25) is 0 Å². The van der Waals surface area contributed by atoms with Crippen molar-refractivity contribution in [3.05, 3.63) is 35.4 Å². The minimum Gasteiger partial charge on any atom is -0.454 e. The summed E-state index contributed by atoms with van der Waals surface area (Å²) in [4.78, 5) is 50.1. The molecule has 4 saturated carbocycles. The Bertz CT molecular complexity index is 838. The van der Waals surface area contributed by atoms with E-state index in [9.17, 15) is 19.2 Å². The van der Waals surface area contributed by atoms with E-state index in [1.54, 1.807) is 24.3 Å². The summed E-state index contributed by atoms with van der Waals surface area (Å²) in [6, 6.07) is 6.45. The van der Waals surface area contributed by atoms with Crippen LogP contribution < -0.4 is 5.32 Å². The Kier molecular flexibility index (Phi) is 4.22. The topological polar surface area (TPSA) is 92.8 Å². The molecule has 0 atom stereocenters. The molecule has 152 valence electrons. The lowest BCUT2D eigenvalue weighted by Crippen LogP contribution is -2.60. The number of ether oxygens (including phenoxy) is 1. The van der Waals surface area contributed by atoms with Gasteiger partial charge in [0.25, 0.3) is 17.7 Å². The maximum atomic E-state index is 12.4. The van der Waals surface area contributed by atoms with Crippen molar-refractivity contribution in [3.8, 4) is 0 Å². The van der Waals surface area contributed by atoms with Gasteiger partial charge in [-0.15, -0.1) is 0 Å². The molecule has 0 radical (unpaired) electrons. The van der Waals surface area contributed by atoms with Gasteiger partial charge in [0.1, 0.15) is 6.54 Å². The third kappa shape index (κ3) is 3.22. The number of nitrogens with zero attached hydrogens (tertiary/aromatic N) is 1. The number of esters is 1. The van der Waals surface area contributed by atoms with Crippen molar-refractivity contribution in [3.63, 3.8) is 0 Å². The van der Waals surface area contributed by atoms with Crippen molar-refractivity contribution in [1.82, 2.24) is 10.2 Å². The van der Waals surface area contributed by atoms with E-state index >= 15 is 0 Å². The minimum atomic E-state index is -0.764. The molecular formula is C22H24N2O5. The Morgan fingerprint density at radius 3 is 2.00 bits per heavy atom. The van der Waals surface area contributed by atoms with Crippen molar-refractivity contribution < 1.29 is 23.9 Å². The summed E-state index contributed by atoms with van der Waals surface area (Å²) in [6.07, 6.45) is 6.91. The fourth-order valence-electron chi connectivity index (χ4n) is 6.30. The number of rotatable bonds is 5. The van der Waals surface area contributed by atoms with E-state index in [4.69, 9.17) is 4.74 Å². The third-order valence-electron chi connectivity index (χ3n) is 6.97. The highest BCUT2D eigenvalue weighted by atomic mass is 16.5. The average molecular weight is 396 g/mol. The molecule has 4 aliphatic carbocycles. The maximum absolute atomic E-state index is 12.4. The molecule has 6 rings (SSSR count). The summed E-state index contributed by atoms with van der Waals surface area (Å²) >= 11 is 0. The molecule has 0 aromatic heterocycles. The van der Waals surface area contributed by atoms with E-state index < -0.39 is 24.3 Å². The predicted octanol–water partition coefficient (Wildman–Crippen LogP) is 1.91. The van der Waals surface area contributed by atoms with E-state index in [0.29, 0.717) is 17.8 Å². The number of amides is 3. The van der Waals surface area contributed by atoms with Gasteiger partial charge in [-0.25, -0.2) is 0 Å². The number of benzene rings is 1. The molecule has 0 saturated heterocycles. The average Bonchev–Trinajstić information content (AvgIpc) is 2.90. The van der Waals surface area contributed by atoms with Crippen LogP contribution in [-0.2, 0) is 14.3 Å². The third-order valence-corrected chi connectivity index (χ3v) is 6.97. The van der Waals surface area contributed by atoms with Crippen LogP contribution >= 0.6 is 0 Å². The maximum Gasteiger partial charge on any atom is 0.326 e. The van der Waals surface area contributed by atoms with Crippen molar-refractivity contribution in [2.75, 3.05) is 13.2 Å². The standard InChI is InChI=1S/C22H24N2O5/c25-18(23-22-8-13-5-14(9-22)7-15(6-13)10-22)12-29-19(26)11-24-20(27)16-3-1-2-4-17(16)21(24)28/h1-4,13-15H,5-12H2,(H,23,25). The van der Waals surface area contributed by atoms with E-state index in [1.807, 2.05) is 0 Å². The zero-order valence-corrected chi connectivity index (χ0v) is 16.2. The molecule has 4 fully saturated rings. The van der Waals surface area contributed by atoms with E-state index in [1.165, 1.54) is 19.3 Å². The number of nitrogens with one attached hydrogen (secondary N) is 1. The summed E-state index contributed by atoms with van der Waals surface area (Å²) < 4.78 is 5.08. The molecular weight excluding hydrogens is 372 g/mol. The van der Waals surface area contributed by atoms with Gasteiger partial charge >= 0.3 is 5.97 Å². The molecule has 1 N–H and O–H groups in total. The van der Waals surface area contributed by atoms with E-state index in [0.717, 1.165) is 24.2 Å². The Morgan fingerprint density at radius 2 is 1.48 bits per heavy atom. The van der Waals surface area contributed by atoms with Gasteiger partial charge in [0.05, 0.1) is 11.1 Å². The van der Waals surface area contributed by atoms with Gasteiger partial charge in [-0.1, -0.05) is 12.1 Å². The van der Waals surface area contributed by atoms with Crippen LogP contribution in [0, 0.1) is 17.8 Å². The molecule has 1 aromatic rings. The first-order valence-corrected chi connectivity index (χ1v) is 10.3. The first-order chi connectivity index (χ1) is 13.9. The SMILES string of the molecule is O=C(COC(=O)CN1C(=O)c2ccccc2C1=O)NC12CC3CC(CC(C3)C1)C2. The van der Waals surface area contributed by atoms with Gasteiger partial charge in [0.2, 0.25) is 0 Å². The number of hydrogen-bond acceptors (Lipinski definition) is 5. The number of carbonyl (C=O) groups is 4.